The molecule has 5 nitrogen and oxygen atoms in total. The van der Waals surface area contributed by atoms with Crippen LogP contribution in [0.5, 0.6) is 0 Å². The maximum Gasteiger partial charge on any atom is 0.391 e. The van der Waals surface area contributed by atoms with Crippen molar-refractivity contribution in [1.82, 2.24) is 0 Å². The highest BCUT2D eigenvalue weighted by Gasteiger charge is 2.59. The Hall–Kier alpha value is -0.760. The smallest absolute Gasteiger partial charge is 0.391 e. The Kier molecular flexibility index (Phi) is 7.18. The molecule has 5 rings (SSSR count). The lowest BCUT2D eigenvalue weighted by Gasteiger charge is -2.58. The first-order chi connectivity index (χ1) is 15.6. The predicted molar refractivity (Wildman–Crippen MR) is 129 cm³/mol. The van der Waals surface area contributed by atoms with E-state index >= 15 is 0 Å². The molecular formula is C28H43IN2O3. The second-order valence-electron chi connectivity index (χ2n) is 12.9. The van der Waals surface area contributed by atoms with E-state index in [1.807, 2.05) is 6.08 Å². The molecule has 0 amide bonds. The minimum atomic E-state index is -0.161. The molecule has 34 heavy (non-hydrogen) atoms. The first kappa shape index (κ1) is 26.3. The molecule has 3 saturated carbocycles. The summed E-state index contributed by atoms with van der Waals surface area (Å²) in [6.45, 7) is 8.05. The molecule has 0 spiro atoms. The van der Waals surface area contributed by atoms with Crippen molar-refractivity contribution in [3.63, 3.8) is 0 Å². The lowest BCUT2D eigenvalue weighted by molar-refractivity contribution is -0.893. The maximum absolute atomic E-state index is 12.7. The molecule has 0 aromatic rings. The van der Waals surface area contributed by atoms with Crippen LogP contribution in [-0.4, -0.2) is 48.6 Å². The largest absolute Gasteiger partial charge is 1.00 e. The van der Waals surface area contributed by atoms with Gasteiger partial charge in [-0.1, -0.05) is 24.6 Å². The first-order valence-electron chi connectivity index (χ1n) is 13.4. The summed E-state index contributed by atoms with van der Waals surface area (Å²) in [4.78, 5) is 30.4. The van der Waals surface area contributed by atoms with Crippen LogP contribution in [0.15, 0.2) is 16.8 Å². The summed E-state index contributed by atoms with van der Waals surface area (Å²) in [7, 11) is 4.23. The number of rotatable bonds is 3. The normalized spacial score (nSPS) is 43.2. The van der Waals surface area contributed by atoms with Crippen LogP contribution < -0.4 is 24.0 Å². The van der Waals surface area contributed by atoms with Gasteiger partial charge in [-0.3, -0.25) is 4.79 Å². The van der Waals surface area contributed by atoms with E-state index in [1.54, 1.807) is 0 Å². The van der Waals surface area contributed by atoms with Gasteiger partial charge in [0.25, 0.3) is 0 Å². The fraction of sp³-hybridized carbons (Fsp3) is 0.821. The zero-order valence-electron chi connectivity index (χ0n) is 21.7. The summed E-state index contributed by atoms with van der Waals surface area (Å²) in [5, 5.41) is 4.45. The second-order valence-corrected chi connectivity index (χ2v) is 12.9. The Morgan fingerprint density at radius 2 is 1.82 bits per heavy atom. The topological polar surface area (TPSA) is 55.7 Å². The molecule has 1 aliphatic heterocycles. The molecule has 0 aromatic carbocycles. The van der Waals surface area contributed by atoms with E-state index in [2.05, 4.69) is 40.0 Å². The zero-order chi connectivity index (χ0) is 23.6. The van der Waals surface area contributed by atoms with Crippen LogP contribution in [0.1, 0.15) is 85.0 Å². The summed E-state index contributed by atoms with van der Waals surface area (Å²) in [5.74, 6) is 2.75. The summed E-state index contributed by atoms with van der Waals surface area (Å²) < 4.78 is 0.709. The molecule has 0 N–H and O–H groups in total. The first-order valence-corrected chi connectivity index (χ1v) is 13.4. The van der Waals surface area contributed by atoms with Crippen LogP contribution in [0, 0.1) is 34.5 Å². The van der Waals surface area contributed by atoms with Gasteiger partial charge in [-0.25, -0.2) is 4.79 Å². The third-order valence-electron chi connectivity index (χ3n) is 11.1. The number of halogens is 1. The summed E-state index contributed by atoms with van der Waals surface area (Å²) >= 11 is 0. The van der Waals surface area contributed by atoms with Gasteiger partial charge < -0.3 is 33.3 Å². The van der Waals surface area contributed by atoms with E-state index in [-0.39, 0.29) is 46.8 Å². The van der Waals surface area contributed by atoms with Crippen LogP contribution in [0.25, 0.3) is 0 Å². The van der Waals surface area contributed by atoms with Crippen LogP contribution in [0.3, 0.4) is 0 Å². The molecule has 0 bridgehead atoms. The third-order valence-corrected chi connectivity index (χ3v) is 11.1. The number of fused-ring (bicyclic) bond motifs is 5. The van der Waals surface area contributed by atoms with Gasteiger partial charge in [0.2, 0.25) is 0 Å². The number of hydrogen-bond acceptors (Lipinski definition) is 4. The molecule has 4 fully saturated rings. The number of hydrogen-bond donors (Lipinski definition) is 0. The molecule has 0 radical (unpaired) electrons. The fourth-order valence-corrected chi connectivity index (χ4v) is 9.09. The van der Waals surface area contributed by atoms with Gasteiger partial charge in [-0.05, 0) is 86.5 Å². The molecule has 0 aromatic heterocycles. The van der Waals surface area contributed by atoms with Gasteiger partial charge in [0.05, 0.1) is 26.4 Å². The number of likely N-dealkylation sites (tertiary alicyclic amines) is 1. The average Bonchev–Trinajstić information content (AvgIpc) is 3.30. The van der Waals surface area contributed by atoms with E-state index in [0.717, 1.165) is 56.7 Å². The van der Waals surface area contributed by atoms with Gasteiger partial charge in [0, 0.05) is 25.2 Å². The van der Waals surface area contributed by atoms with Crippen molar-refractivity contribution in [3.05, 3.63) is 11.6 Å². The Labute approximate surface area is 222 Å². The monoisotopic (exact) mass is 582 g/mol. The highest BCUT2D eigenvalue weighted by Crippen LogP contribution is 2.66. The van der Waals surface area contributed by atoms with E-state index in [9.17, 15) is 9.59 Å². The number of likely N-dealkylation sites (N-methyl/N-ethyl adjacent to an activating group) is 1. The van der Waals surface area contributed by atoms with Crippen molar-refractivity contribution in [2.75, 3.05) is 20.6 Å². The van der Waals surface area contributed by atoms with Crippen molar-refractivity contribution < 1.29 is 42.9 Å². The highest BCUT2D eigenvalue weighted by atomic mass is 127. The van der Waals surface area contributed by atoms with Crippen molar-refractivity contribution in [2.24, 2.45) is 39.7 Å². The zero-order valence-corrected chi connectivity index (χ0v) is 23.9. The number of ketones is 1. The Bertz CT molecular complexity index is 911. The number of carbonyl (C=O) groups is 2. The molecule has 1 saturated heterocycles. The van der Waals surface area contributed by atoms with Crippen molar-refractivity contribution >= 4 is 17.5 Å². The fourth-order valence-electron chi connectivity index (χ4n) is 9.09. The van der Waals surface area contributed by atoms with Crippen LogP contribution in [0.4, 0.5) is 0 Å². The SMILES string of the molecule is C/C(=N\OC(=O)C1CCC[N+]1(C)C)[C@H]1CC[C@H]2[C@@H]3CCC4=CC(=O)CC[C@]4(C)[C@H]3CC[C@]12C.[I-]. The molecule has 1 heterocycles. The minimum Gasteiger partial charge on any atom is -1.00 e. The van der Waals surface area contributed by atoms with Gasteiger partial charge in [-0.15, -0.1) is 0 Å². The number of carbonyl (C=O) groups excluding carboxylic acids is 2. The third kappa shape index (κ3) is 4.12. The van der Waals surface area contributed by atoms with Gasteiger partial charge >= 0.3 is 5.97 Å². The van der Waals surface area contributed by atoms with E-state index in [1.165, 1.54) is 31.3 Å². The molecule has 190 valence electrons. The quantitative estimate of drug-likeness (QED) is 0.169. The molecule has 5 aliphatic rings. The van der Waals surface area contributed by atoms with Crippen LogP contribution in [0.2, 0.25) is 0 Å². The van der Waals surface area contributed by atoms with Crippen molar-refractivity contribution in [1.29, 1.82) is 0 Å². The van der Waals surface area contributed by atoms with Gasteiger partial charge in [-0.2, -0.15) is 0 Å². The minimum absolute atomic E-state index is 0. The Morgan fingerprint density at radius 1 is 1.06 bits per heavy atom. The predicted octanol–water partition coefficient (Wildman–Crippen LogP) is 2.30. The molecule has 6 heteroatoms. The number of quaternary nitrogens is 1. The van der Waals surface area contributed by atoms with E-state index in [0.29, 0.717) is 28.0 Å². The van der Waals surface area contributed by atoms with Crippen molar-refractivity contribution in [2.45, 2.75) is 91.0 Å². The Balaban J connectivity index is 0.00000274. The van der Waals surface area contributed by atoms with Gasteiger partial charge in [0.15, 0.2) is 11.8 Å². The molecule has 4 aliphatic carbocycles. The number of nitrogens with zero attached hydrogens (tertiary/aromatic N) is 2. The van der Waals surface area contributed by atoms with Crippen LogP contribution >= 0.6 is 0 Å². The van der Waals surface area contributed by atoms with E-state index < -0.39 is 0 Å². The standard InChI is InChI=1S/C28H43N2O3.HI/c1-18(29-33-26(32)25-7-6-16-30(25,4)5)22-10-11-23-21-9-8-19-17-20(31)12-14-27(19,2)24(21)13-15-28(22,23)3;/h17,21-25H,6-16H2,1-5H3;1H/q+1;/p-1/b29-18+;/t21-,22+,23-,24-,25?,27-,28+;/m0./s1. The summed E-state index contributed by atoms with van der Waals surface area (Å²) in [6, 6.07) is -0.0866. The molecular weight excluding hydrogens is 539 g/mol. The van der Waals surface area contributed by atoms with Crippen LogP contribution in [-0.2, 0) is 14.4 Å². The molecule has 7 atom stereocenters. The highest BCUT2D eigenvalue weighted by molar-refractivity contribution is 5.91. The van der Waals surface area contributed by atoms with E-state index in [4.69, 9.17) is 4.84 Å². The average molecular weight is 583 g/mol. The Morgan fingerprint density at radius 3 is 2.53 bits per heavy atom. The van der Waals surface area contributed by atoms with Gasteiger partial charge in [0.1, 0.15) is 0 Å². The lowest BCUT2D eigenvalue weighted by atomic mass is 9.46. The number of oxime groups is 1. The maximum atomic E-state index is 12.7. The van der Waals surface area contributed by atoms with Crippen molar-refractivity contribution in [3.8, 4) is 0 Å². The number of allylic oxidation sites excluding steroid dienone is 1. The second kappa shape index (κ2) is 9.28. The summed E-state index contributed by atoms with van der Waals surface area (Å²) in [5.41, 5.74) is 2.92. The lowest BCUT2D eigenvalue weighted by Crippen LogP contribution is -3.00. The summed E-state index contributed by atoms with van der Waals surface area (Å²) in [6.07, 6.45) is 12.9. The molecule has 1 unspecified atom stereocenters.